The van der Waals surface area contributed by atoms with Crippen molar-refractivity contribution in [2.45, 2.75) is 6.35 Å². The number of nitrogens with zero attached hydrogens (tertiary/aromatic N) is 5. The number of amidine groups is 1. The number of hydrogen-bond acceptors (Lipinski definition) is 6. The van der Waals surface area contributed by atoms with Gasteiger partial charge in [-0.3, -0.25) is 9.74 Å². The molecule has 0 saturated carbocycles. The van der Waals surface area contributed by atoms with Gasteiger partial charge >= 0.3 is 5.84 Å². The fraction of sp³-hybridized carbons (Fsp3) is 0.700. The van der Waals surface area contributed by atoms with E-state index in [4.69, 9.17) is 21.4 Å². The summed E-state index contributed by atoms with van der Waals surface area (Å²) in [5, 5.41) is 12.1. The first-order valence-electron chi connectivity index (χ1n) is 5.18. The van der Waals surface area contributed by atoms with E-state index in [-0.39, 0.29) is 12.2 Å². The van der Waals surface area contributed by atoms with E-state index in [9.17, 15) is 0 Å². The summed E-state index contributed by atoms with van der Waals surface area (Å²) in [5.74, 6) is -0.301. The number of ether oxygens (including phenoxy) is 1. The highest BCUT2D eigenvalue weighted by atomic mass is 16.7. The molecule has 0 bridgehead atoms. The minimum absolute atomic E-state index is 0.301. The predicted octanol–water partition coefficient (Wildman–Crippen LogP) is -0.0632. The lowest BCUT2D eigenvalue weighted by atomic mass is 10.4. The molecular weight excluding hydrogens is 222 g/mol. The molecule has 0 aliphatic carbocycles. The summed E-state index contributed by atoms with van der Waals surface area (Å²) < 4.78 is 5.25. The van der Waals surface area contributed by atoms with Crippen molar-refractivity contribution in [3.05, 3.63) is 11.4 Å². The zero-order valence-corrected chi connectivity index (χ0v) is 9.96. The average molecular weight is 237 g/mol. The molecule has 17 heavy (non-hydrogen) atoms. The Bertz CT molecular complexity index is 333. The van der Waals surface area contributed by atoms with Crippen LogP contribution in [0.15, 0.2) is 5.16 Å². The van der Waals surface area contributed by atoms with Crippen molar-refractivity contribution < 1.29 is 9.57 Å². The number of morpholine rings is 1. The largest absolute Gasteiger partial charge is 0.392 e. The third kappa shape index (κ3) is 4.00. The van der Waals surface area contributed by atoms with Gasteiger partial charge in [-0.25, -0.2) is 10.2 Å². The fourth-order valence-electron chi connectivity index (χ4n) is 1.45. The molecule has 1 aliphatic rings. The second kappa shape index (κ2) is 6.81. The van der Waals surface area contributed by atoms with Crippen molar-refractivity contribution >= 4 is 5.84 Å². The highest BCUT2D eigenvalue weighted by Crippen LogP contribution is 2.08. The summed E-state index contributed by atoms with van der Waals surface area (Å²) >= 11 is 0. The molecule has 0 aromatic heterocycles. The standard InChI is InChI=1S/C10H15N5O2/c1-12-9(8-11)13-17-10(14(2)3)15-4-6-16-7-5-15/h10H,4-7H2,2-3H3/b13-9-. The van der Waals surface area contributed by atoms with Crippen LogP contribution in [0.5, 0.6) is 0 Å². The quantitative estimate of drug-likeness (QED) is 0.225. The smallest absolute Gasteiger partial charge is 0.379 e. The number of rotatable bonds is 4. The SMILES string of the molecule is [C-]#[N+]/C(C#N)=N\OC(N(C)C)N1CCOCC1. The molecule has 0 N–H and O–H groups in total. The molecule has 1 aliphatic heterocycles. The van der Waals surface area contributed by atoms with Crippen molar-refractivity contribution in [2.75, 3.05) is 40.4 Å². The molecule has 7 heteroatoms. The summed E-state index contributed by atoms with van der Waals surface area (Å²) in [5.41, 5.74) is 0. The molecule has 1 heterocycles. The zero-order valence-electron chi connectivity index (χ0n) is 9.96. The Morgan fingerprint density at radius 1 is 1.59 bits per heavy atom. The van der Waals surface area contributed by atoms with Crippen molar-refractivity contribution in [3.8, 4) is 6.07 Å². The van der Waals surface area contributed by atoms with Gasteiger partial charge in [0.2, 0.25) is 0 Å². The first-order chi connectivity index (χ1) is 8.19. The van der Waals surface area contributed by atoms with Gasteiger partial charge in [-0.2, -0.15) is 0 Å². The Labute approximate surface area is 101 Å². The second-order valence-corrected chi connectivity index (χ2v) is 3.68. The molecule has 1 fully saturated rings. The lowest BCUT2D eigenvalue weighted by Gasteiger charge is -2.34. The molecule has 92 valence electrons. The van der Waals surface area contributed by atoms with Gasteiger partial charge in [-0.15, -0.1) is 0 Å². The lowest BCUT2D eigenvalue weighted by Crippen LogP contribution is -2.50. The zero-order chi connectivity index (χ0) is 12.7. The maximum absolute atomic E-state index is 8.57. The molecule has 1 unspecified atom stereocenters. The minimum Gasteiger partial charge on any atom is -0.379 e. The molecule has 0 radical (unpaired) electrons. The van der Waals surface area contributed by atoms with Crippen LogP contribution in [-0.2, 0) is 9.57 Å². The molecule has 7 nitrogen and oxygen atoms in total. The van der Waals surface area contributed by atoms with Crippen LogP contribution in [0.3, 0.4) is 0 Å². The van der Waals surface area contributed by atoms with E-state index in [1.54, 1.807) is 6.07 Å². The third-order valence-corrected chi connectivity index (χ3v) is 2.24. The number of oxime groups is 1. The van der Waals surface area contributed by atoms with Crippen LogP contribution in [0, 0.1) is 17.9 Å². The van der Waals surface area contributed by atoms with E-state index in [0.717, 1.165) is 13.1 Å². The van der Waals surface area contributed by atoms with Crippen LogP contribution in [0.25, 0.3) is 4.85 Å². The van der Waals surface area contributed by atoms with Crippen molar-refractivity contribution in [1.82, 2.24) is 9.80 Å². The molecule has 0 spiro atoms. The number of nitriles is 1. The van der Waals surface area contributed by atoms with Gasteiger partial charge in [0.1, 0.15) is 6.07 Å². The number of hydrogen-bond donors (Lipinski definition) is 0. The van der Waals surface area contributed by atoms with E-state index in [1.807, 2.05) is 23.9 Å². The van der Waals surface area contributed by atoms with Gasteiger partial charge in [-0.05, 0) is 14.1 Å². The average Bonchev–Trinajstić information content (AvgIpc) is 2.35. The second-order valence-electron chi connectivity index (χ2n) is 3.68. The Morgan fingerprint density at radius 2 is 2.24 bits per heavy atom. The first kappa shape index (κ1) is 13.4. The topological polar surface area (TPSA) is 65.5 Å². The third-order valence-electron chi connectivity index (χ3n) is 2.24. The van der Waals surface area contributed by atoms with Crippen LogP contribution >= 0.6 is 0 Å². The predicted molar refractivity (Wildman–Crippen MR) is 60.6 cm³/mol. The fourth-order valence-corrected chi connectivity index (χ4v) is 1.45. The maximum Gasteiger partial charge on any atom is 0.392 e. The summed E-state index contributed by atoms with van der Waals surface area (Å²) in [6.45, 7) is 9.46. The summed E-state index contributed by atoms with van der Waals surface area (Å²) in [6.07, 6.45) is -0.385. The van der Waals surface area contributed by atoms with Gasteiger partial charge in [0.25, 0.3) is 6.35 Å². The molecule has 0 amide bonds. The van der Waals surface area contributed by atoms with E-state index in [2.05, 4.69) is 10.0 Å². The summed E-state index contributed by atoms with van der Waals surface area (Å²) in [7, 11) is 3.69. The molecule has 1 atom stereocenters. The lowest BCUT2D eigenvalue weighted by molar-refractivity contribution is -0.158. The highest BCUT2D eigenvalue weighted by molar-refractivity contribution is 6.03. The van der Waals surface area contributed by atoms with Crippen molar-refractivity contribution in [2.24, 2.45) is 5.16 Å². The van der Waals surface area contributed by atoms with Gasteiger partial charge in [0, 0.05) is 13.1 Å². The van der Waals surface area contributed by atoms with Gasteiger partial charge in [0.15, 0.2) is 0 Å². The molecule has 1 saturated heterocycles. The Balaban J connectivity index is 2.64. The minimum atomic E-state index is -0.385. The van der Waals surface area contributed by atoms with Crippen molar-refractivity contribution in [1.29, 1.82) is 5.26 Å². The Morgan fingerprint density at radius 3 is 2.71 bits per heavy atom. The molecular formula is C10H15N5O2. The maximum atomic E-state index is 8.57. The Kier molecular flexibility index (Phi) is 5.37. The van der Waals surface area contributed by atoms with E-state index < -0.39 is 0 Å². The van der Waals surface area contributed by atoms with Gasteiger partial charge < -0.3 is 9.58 Å². The molecule has 1 rings (SSSR count). The van der Waals surface area contributed by atoms with Crippen molar-refractivity contribution in [3.63, 3.8) is 0 Å². The van der Waals surface area contributed by atoms with Crippen LogP contribution < -0.4 is 0 Å². The normalized spacial score (nSPS) is 19.5. The van der Waals surface area contributed by atoms with Gasteiger partial charge in [0.05, 0.1) is 18.4 Å². The summed E-state index contributed by atoms with van der Waals surface area (Å²) in [4.78, 5) is 12.0. The summed E-state index contributed by atoms with van der Waals surface area (Å²) in [6, 6.07) is 1.66. The van der Waals surface area contributed by atoms with Crippen LogP contribution in [0.4, 0.5) is 0 Å². The molecule has 0 aromatic carbocycles. The molecule has 0 aromatic rings. The van der Waals surface area contributed by atoms with Gasteiger partial charge in [-0.1, -0.05) is 6.57 Å². The van der Waals surface area contributed by atoms with Crippen LogP contribution in [-0.4, -0.2) is 62.4 Å². The first-order valence-corrected chi connectivity index (χ1v) is 5.18. The van der Waals surface area contributed by atoms with Crippen LogP contribution in [0.1, 0.15) is 0 Å². The van der Waals surface area contributed by atoms with E-state index >= 15 is 0 Å². The van der Waals surface area contributed by atoms with Crippen LogP contribution in [0.2, 0.25) is 0 Å². The Hall–Kier alpha value is -1.67. The van der Waals surface area contributed by atoms with E-state index in [0.29, 0.717) is 13.2 Å². The highest BCUT2D eigenvalue weighted by Gasteiger charge is 2.26. The monoisotopic (exact) mass is 237 g/mol. The van der Waals surface area contributed by atoms with E-state index in [1.165, 1.54) is 0 Å².